The van der Waals surface area contributed by atoms with Crippen molar-refractivity contribution in [3.05, 3.63) is 77.9 Å². The van der Waals surface area contributed by atoms with E-state index in [0.717, 1.165) is 12.3 Å². The minimum atomic E-state index is 0.691. The van der Waals surface area contributed by atoms with E-state index in [-0.39, 0.29) is 0 Å². The van der Waals surface area contributed by atoms with Gasteiger partial charge in [-0.05, 0) is 52.9 Å². The molecule has 0 spiro atoms. The maximum atomic E-state index is 3.99. The smallest absolute Gasteiger partial charge is 0.0181 e. The summed E-state index contributed by atoms with van der Waals surface area (Å²) in [6, 6.07) is 19.4. The number of hydrogen-bond acceptors (Lipinski definition) is 0. The Morgan fingerprint density at radius 2 is 1.45 bits per heavy atom. The molecule has 0 N–H and O–H groups in total. The van der Waals surface area contributed by atoms with Crippen LogP contribution in [0.3, 0.4) is 0 Å². The first-order valence-electron chi connectivity index (χ1n) is 11.5. The molecule has 2 rings (SSSR count). The molecule has 0 amide bonds. The minimum absolute atomic E-state index is 0.691. The van der Waals surface area contributed by atoms with Crippen molar-refractivity contribution in [2.75, 3.05) is 0 Å². The zero-order valence-electron chi connectivity index (χ0n) is 19.6. The van der Waals surface area contributed by atoms with Gasteiger partial charge in [0.05, 0.1) is 0 Å². The molecule has 0 heterocycles. The van der Waals surface area contributed by atoms with Crippen molar-refractivity contribution in [2.24, 2.45) is 17.8 Å². The fourth-order valence-corrected chi connectivity index (χ4v) is 3.58. The van der Waals surface area contributed by atoms with E-state index in [2.05, 4.69) is 94.9 Å². The number of rotatable bonds is 10. The zero-order chi connectivity index (χ0) is 21.6. The maximum Gasteiger partial charge on any atom is -0.0181 e. The number of benzene rings is 2. The van der Waals surface area contributed by atoms with Crippen LogP contribution in [-0.4, -0.2) is 0 Å². The normalized spacial score (nSPS) is 13.4. The predicted octanol–water partition coefficient (Wildman–Crippen LogP) is 9.38. The standard InChI is InChI=1S/C27H36.C2H6/c1-6-22(5)17-18-25(21(3)4)19-27(24-14-9-8-10-15-24)20-26-16-12-11-13-23(26)7-2;1-2/h7-16,20-22,25H,2,6,17-19H2,1,3-5H3;1-2H3/b27-20-;. The van der Waals surface area contributed by atoms with Gasteiger partial charge in [0.2, 0.25) is 0 Å². The summed E-state index contributed by atoms with van der Waals surface area (Å²) in [5.41, 5.74) is 5.24. The topological polar surface area (TPSA) is 0 Å². The van der Waals surface area contributed by atoms with Crippen LogP contribution in [0.4, 0.5) is 0 Å². The van der Waals surface area contributed by atoms with Crippen LogP contribution in [-0.2, 0) is 0 Å². The second-order valence-electron chi connectivity index (χ2n) is 8.17. The van der Waals surface area contributed by atoms with Crippen LogP contribution >= 0.6 is 0 Å². The summed E-state index contributed by atoms with van der Waals surface area (Å²) >= 11 is 0. The summed E-state index contributed by atoms with van der Waals surface area (Å²) in [7, 11) is 0. The molecule has 2 aromatic rings. The fraction of sp³-hybridized carbons (Fsp3) is 0.448. The lowest BCUT2D eigenvalue weighted by atomic mass is 9.81. The van der Waals surface area contributed by atoms with Gasteiger partial charge in [-0.1, -0.05) is 128 Å². The summed E-state index contributed by atoms with van der Waals surface area (Å²) in [5.74, 6) is 2.22. The Balaban J connectivity index is 0.00000204. The Morgan fingerprint density at radius 3 is 2.00 bits per heavy atom. The molecule has 2 atom stereocenters. The number of allylic oxidation sites excluding steroid dienone is 1. The summed E-state index contributed by atoms with van der Waals surface area (Å²) < 4.78 is 0. The Kier molecular flexibility index (Phi) is 12.0. The molecule has 0 radical (unpaired) electrons. The van der Waals surface area contributed by atoms with Gasteiger partial charge in [0, 0.05) is 0 Å². The van der Waals surface area contributed by atoms with E-state index < -0.39 is 0 Å². The molecule has 0 nitrogen and oxygen atoms in total. The second-order valence-corrected chi connectivity index (χ2v) is 8.17. The Morgan fingerprint density at radius 1 is 0.862 bits per heavy atom. The molecule has 0 aromatic heterocycles. The number of hydrogen-bond donors (Lipinski definition) is 0. The van der Waals surface area contributed by atoms with E-state index in [4.69, 9.17) is 0 Å². The van der Waals surface area contributed by atoms with Gasteiger partial charge in [-0.3, -0.25) is 0 Å². The molecule has 0 aliphatic carbocycles. The van der Waals surface area contributed by atoms with Gasteiger partial charge in [0.1, 0.15) is 0 Å². The summed E-state index contributed by atoms with van der Waals surface area (Å²) in [5, 5.41) is 0. The third-order valence-corrected chi connectivity index (χ3v) is 5.84. The summed E-state index contributed by atoms with van der Waals surface area (Å²) in [6.07, 6.45) is 9.37. The molecule has 29 heavy (non-hydrogen) atoms. The highest BCUT2D eigenvalue weighted by Gasteiger charge is 2.17. The van der Waals surface area contributed by atoms with Crippen LogP contribution in [0.5, 0.6) is 0 Å². The van der Waals surface area contributed by atoms with Crippen molar-refractivity contribution >= 4 is 17.7 Å². The van der Waals surface area contributed by atoms with Crippen molar-refractivity contribution in [2.45, 2.75) is 67.2 Å². The molecular formula is C29H42. The van der Waals surface area contributed by atoms with E-state index in [0.29, 0.717) is 11.8 Å². The highest BCUT2D eigenvalue weighted by atomic mass is 14.2. The zero-order valence-corrected chi connectivity index (χ0v) is 19.6. The van der Waals surface area contributed by atoms with Crippen molar-refractivity contribution in [3.63, 3.8) is 0 Å². The average molecular weight is 391 g/mol. The minimum Gasteiger partial charge on any atom is -0.0984 e. The fourth-order valence-electron chi connectivity index (χ4n) is 3.58. The lowest BCUT2D eigenvalue weighted by Gasteiger charge is -2.24. The van der Waals surface area contributed by atoms with Crippen molar-refractivity contribution < 1.29 is 0 Å². The third-order valence-electron chi connectivity index (χ3n) is 5.84. The summed E-state index contributed by atoms with van der Waals surface area (Å²) in [4.78, 5) is 0. The summed E-state index contributed by atoms with van der Waals surface area (Å²) in [6.45, 7) is 17.4. The van der Waals surface area contributed by atoms with E-state index in [1.165, 1.54) is 41.5 Å². The van der Waals surface area contributed by atoms with Gasteiger partial charge in [-0.2, -0.15) is 0 Å². The van der Waals surface area contributed by atoms with Gasteiger partial charge < -0.3 is 0 Å². The molecule has 0 bridgehead atoms. The molecule has 0 saturated carbocycles. The van der Waals surface area contributed by atoms with Gasteiger partial charge in [0.25, 0.3) is 0 Å². The quantitative estimate of drug-likeness (QED) is 0.354. The van der Waals surface area contributed by atoms with Crippen LogP contribution in [0.2, 0.25) is 0 Å². The Labute approximate surface area is 180 Å². The van der Waals surface area contributed by atoms with Gasteiger partial charge in [-0.15, -0.1) is 0 Å². The lowest BCUT2D eigenvalue weighted by molar-refractivity contribution is 0.329. The Bertz CT molecular complexity index is 721. The average Bonchev–Trinajstić information content (AvgIpc) is 2.77. The third kappa shape index (κ3) is 8.44. The van der Waals surface area contributed by atoms with E-state index >= 15 is 0 Å². The molecule has 2 unspecified atom stereocenters. The van der Waals surface area contributed by atoms with Crippen LogP contribution < -0.4 is 0 Å². The molecule has 0 saturated heterocycles. The van der Waals surface area contributed by atoms with Crippen LogP contribution in [0.15, 0.2) is 61.2 Å². The largest absolute Gasteiger partial charge is 0.0984 e. The maximum absolute atomic E-state index is 3.99. The molecule has 0 fully saturated rings. The first-order chi connectivity index (χ1) is 14.0. The Hall–Kier alpha value is -2.08. The molecule has 0 aliphatic rings. The van der Waals surface area contributed by atoms with Crippen LogP contribution in [0.25, 0.3) is 17.7 Å². The van der Waals surface area contributed by atoms with Crippen molar-refractivity contribution in [1.29, 1.82) is 0 Å². The van der Waals surface area contributed by atoms with Gasteiger partial charge in [0.15, 0.2) is 0 Å². The van der Waals surface area contributed by atoms with Gasteiger partial charge >= 0.3 is 0 Å². The highest BCUT2D eigenvalue weighted by Crippen LogP contribution is 2.33. The van der Waals surface area contributed by atoms with Crippen molar-refractivity contribution in [1.82, 2.24) is 0 Å². The first-order valence-corrected chi connectivity index (χ1v) is 11.5. The van der Waals surface area contributed by atoms with E-state index in [1.54, 1.807) is 0 Å². The predicted molar refractivity (Wildman–Crippen MR) is 134 cm³/mol. The first kappa shape index (κ1) is 25.0. The molecule has 0 aliphatic heterocycles. The highest BCUT2D eigenvalue weighted by molar-refractivity contribution is 5.84. The molecule has 0 heteroatoms. The van der Waals surface area contributed by atoms with E-state index in [9.17, 15) is 0 Å². The van der Waals surface area contributed by atoms with E-state index in [1.807, 2.05) is 19.9 Å². The lowest BCUT2D eigenvalue weighted by Crippen LogP contribution is -2.11. The van der Waals surface area contributed by atoms with Crippen molar-refractivity contribution in [3.8, 4) is 0 Å². The molecule has 158 valence electrons. The second kappa shape index (κ2) is 14.0. The molecule has 2 aromatic carbocycles. The van der Waals surface area contributed by atoms with Crippen LogP contribution in [0.1, 0.15) is 83.9 Å². The monoisotopic (exact) mass is 390 g/mol. The van der Waals surface area contributed by atoms with Crippen LogP contribution in [0, 0.1) is 17.8 Å². The van der Waals surface area contributed by atoms with Gasteiger partial charge in [-0.25, -0.2) is 0 Å². The SMILES string of the molecule is C=Cc1ccccc1/C=C(/CC(CCC(C)CC)C(C)C)c1ccccc1.CC. The molecular weight excluding hydrogens is 348 g/mol.